The van der Waals surface area contributed by atoms with Gasteiger partial charge in [0.1, 0.15) is 5.75 Å². The molecule has 0 atom stereocenters. The van der Waals surface area contributed by atoms with Crippen LogP contribution in [0.3, 0.4) is 0 Å². The number of nitrogens with one attached hydrogen (secondary N) is 1. The van der Waals surface area contributed by atoms with E-state index in [0.29, 0.717) is 6.42 Å². The largest absolute Gasteiger partial charge is 0.496 e. The lowest BCUT2D eigenvalue weighted by molar-refractivity contribution is -0.115. The topological polar surface area (TPSA) is 38.3 Å². The number of hydrogen-bond acceptors (Lipinski definition) is 2. The van der Waals surface area contributed by atoms with Crippen molar-refractivity contribution in [3.63, 3.8) is 0 Å². The van der Waals surface area contributed by atoms with E-state index < -0.39 is 0 Å². The van der Waals surface area contributed by atoms with Gasteiger partial charge in [0.25, 0.3) is 0 Å². The fourth-order valence-electron chi connectivity index (χ4n) is 2.27. The van der Waals surface area contributed by atoms with Gasteiger partial charge in [-0.3, -0.25) is 4.79 Å². The molecular weight excluding hydrogens is 226 g/mol. The van der Waals surface area contributed by atoms with E-state index in [4.69, 9.17) is 4.74 Å². The Hall–Kier alpha value is -2.29. The van der Waals surface area contributed by atoms with Gasteiger partial charge in [-0.05, 0) is 23.3 Å². The SMILES string of the molecule is COc1ccccc1-c1ccc2c(c1)NC(=O)C2. The van der Waals surface area contributed by atoms with Gasteiger partial charge in [0.2, 0.25) is 5.91 Å². The zero-order valence-electron chi connectivity index (χ0n) is 10.1. The average molecular weight is 239 g/mol. The lowest BCUT2D eigenvalue weighted by Crippen LogP contribution is -2.03. The Kier molecular flexibility index (Phi) is 2.52. The summed E-state index contributed by atoms with van der Waals surface area (Å²) < 4.78 is 5.35. The first kappa shape index (κ1) is 10.8. The van der Waals surface area contributed by atoms with E-state index >= 15 is 0 Å². The highest BCUT2D eigenvalue weighted by atomic mass is 16.5. The molecule has 2 aromatic carbocycles. The predicted octanol–water partition coefficient (Wildman–Crippen LogP) is 2.86. The smallest absolute Gasteiger partial charge is 0.228 e. The third-order valence-electron chi connectivity index (χ3n) is 3.15. The molecule has 1 aliphatic heterocycles. The second-order valence-electron chi connectivity index (χ2n) is 4.30. The second-order valence-corrected chi connectivity index (χ2v) is 4.30. The Morgan fingerprint density at radius 3 is 2.83 bits per heavy atom. The van der Waals surface area contributed by atoms with E-state index in [1.807, 2.05) is 42.5 Å². The normalized spacial score (nSPS) is 13.1. The maximum absolute atomic E-state index is 11.3. The van der Waals surface area contributed by atoms with Crippen LogP contribution in [0.25, 0.3) is 11.1 Å². The fraction of sp³-hybridized carbons (Fsp3) is 0.133. The lowest BCUT2D eigenvalue weighted by atomic mass is 10.0. The highest BCUT2D eigenvalue weighted by Gasteiger charge is 2.18. The van der Waals surface area contributed by atoms with Crippen LogP contribution in [0.5, 0.6) is 5.75 Å². The molecule has 1 aliphatic rings. The number of methoxy groups -OCH3 is 1. The Morgan fingerprint density at radius 1 is 1.17 bits per heavy atom. The van der Waals surface area contributed by atoms with Crippen molar-refractivity contribution in [2.24, 2.45) is 0 Å². The number of amides is 1. The highest BCUT2D eigenvalue weighted by Crippen LogP contribution is 2.34. The molecule has 0 saturated heterocycles. The van der Waals surface area contributed by atoms with Gasteiger partial charge in [0, 0.05) is 11.3 Å². The van der Waals surface area contributed by atoms with Crippen LogP contribution in [0.15, 0.2) is 42.5 Å². The first-order chi connectivity index (χ1) is 8.78. The summed E-state index contributed by atoms with van der Waals surface area (Å²) in [5, 5.41) is 2.87. The Labute approximate surface area is 105 Å². The number of carbonyl (C=O) groups is 1. The minimum absolute atomic E-state index is 0.0576. The summed E-state index contributed by atoms with van der Waals surface area (Å²) >= 11 is 0. The molecule has 90 valence electrons. The summed E-state index contributed by atoms with van der Waals surface area (Å²) in [7, 11) is 1.66. The number of ether oxygens (including phenoxy) is 1. The predicted molar refractivity (Wildman–Crippen MR) is 70.8 cm³/mol. The van der Waals surface area contributed by atoms with E-state index in [-0.39, 0.29) is 5.91 Å². The molecule has 0 bridgehead atoms. The van der Waals surface area contributed by atoms with Crippen molar-refractivity contribution in [3.8, 4) is 16.9 Å². The van der Waals surface area contributed by atoms with Crippen molar-refractivity contribution in [3.05, 3.63) is 48.0 Å². The summed E-state index contributed by atoms with van der Waals surface area (Å²) in [4.78, 5) is 11.3. The van der Waals surface area contributed by atoms with E-state index in [1.165, 1.54) is 0 Å². The van der Waals surface area contributed by atoms with Crippen molar-refractivity contribution in [1.29, 1.82) is 0 Å². The molecule has 0 aromatic heterocycles. The van der Waals surface area contributed by atoms with Gasteiger partial charge in [0.05, 0.1) is 13.5 Å². The minimum atomic E-state index is 0.0576. The molecule has 3 nitrogen and oxygen atoms in total. The van der Waals surface area contributed by atoms with Gasteiger partial charge >= 0.3 is 0 Å². The summed E-state index contributed by atoms with van der Waals surface area (Å²) in [6.45, 7) is 0. The fourth-order valence-corrected chi connectivity index (χ4v) is 2.27. The maximum atomic E-state index is 11.3. The third-order valence-corrected chi connectivity index (χ3v) is 3.15. The zero-order valence-corrected chi connectivity index (χ0v) is 10.1. The van der Waals surface area contributed by atoms with Crippen LogP contribution in [0.2, 0.25) is 0 Å². The number of para-hydroxylation sites is 1. The van der Waals surface area contributed by atoms with Crippen LogP contribution in [-0.4, -0.2) is 13.0 Å². The monoisotopic (exact) mass is 239 g/mol. The number of carbonyl (C=O) groups excluding carboxylic acids is 1. The van der Waals surface area contributed by atoms with Crippen LogP contribution >= 0.6 is 0 Å². The van der Waals surface area contributed by atoms with Gasteiger partial charge in [0.15, 0.2) is 0 Å². The first-order valence-electron chi connectivity index (χ1n) is 5.84. The maximum Gasteiger partial charge on any atom is 0.228 e. The van der Waals surface area contributed by atoms with Crippen molar-refractivity contribution >= 4 is 11.6 Å². The molecule has 18 heavy (non-hydrogen) atoms. The lowest BCUT2D eigenvalue weighted by Gasteiger charge is -2.09. The Bertz CT molecular complexity index is 620. The molecule has 0 unspecified atom stereocenters. The average Bonchev–Trinajstić information content (AvgIpc) is 2.77. The quantitative estimate of drug-likeness (QED) is 0.875. The molecule has 3 rings (SSSR count). The summed E-state index contributed by atoms with van der Waals surface area (Å²) in [5.41, 5.74) is 4.04. The van der Waals surface area contributed by atoms with Gasteiger partial charge in [-0.25, -0.2) is 0 Å². The number of fused-ring (bicyclic) bond motifs is 1. The van der Waals surface area contributed by atoms with Crippen molar-refractivity contribution in [1.82, 2.24) is 0 Å². The Morgan fingerprint density at radius 2 is 2.00 bits per heavy atom. The van der Waals surface area contributed by atoms with Crippen LogP contribution in [0.1, 0.15) is 5.56 Å². The summed E-state index contributed by atoms with van der Waals surface area (Å²) in [6, 6.07) is 13.9. The molecule has 0 aliphatic carbocycles. The molecule has 0 fully saturated rings. The van der Waals surface area contributed by atoms with Crippen molar-refractivity contribution in [2.75, 3.05) is 12.4 Å². The number of benzene rings is 2. The molecule has 0 radical (unpaired) electrons. The highest BCUT2D eigenvalue weighted by molar-refractivity contribution is 6.00. The molecule has 0 spiro atoms. The van der Waals surface area contributed by atoms with Gasteiger partial charge in [-0.1, -0.05) is 30.3 Å². The Balaban J connectivity index is 2.08. The molecule has 3 heteroatoms. The van der Waals surface area contributed by atoms with E-state index in [9.17, 15) is 4.79 Å². The molecule has 1 N–H and O–H groups in total. The van der Waals surface area contributed by atoms with E-state index in [1.54, 1.807) is 7.11 Å². The van der Waals surface area contributed by atoms with Crippen LogP contribution in [0, 0.1) is 0 Å². The molecule has 0 saturated carbocycles. The van der Waals surface area contributed by atoms with Crippen molar-refractivity contribution < 1.29 is 9.53 Å². The summed E-state index contributed by atoms with van der Waals surface area (Å²) in [5.74, 6) is 0.893. The zero-order chi connectivity index (χ0) is 12.5. The first-order valence-corrected chi connectivity index (χ1v) is 5.84. The summed E-state index contributed by atoms with van der Waals surface area (Å²) in [6.07, 6.45) is 0.474. The minimum Gasteiger partial charge on any atom is -0.496 e. The van der Waals surface area contributed by atoms with Gasteiger partial charge in [-0.2, -0.15) is 0 Å². The molecule has 1 heterocycles. The standard InChI is InChI=1S/C15H13NO2/c1-18-14-5-3-2-4-12(14)10-6-7-11-9-15(17)16-13(11)8-10/h2-8H,9H2,1H3,(H,16,17). The molecular formula is C15H13NO2. The van der Waals surface area contributed by atoms with Crippen LogP contribution in [0.4, 0.5) is 5.69 Å². The van der Waals surface area contributed by atoms with Crippen LogP contribution in [-0.2, 0) is 11.2 Å². The molecule has 1 amide bonds. The second kappa shape index (κ2) is 4.18. The van der Waals surface area contributed by atoms with Gasteiger partial charge in [-0.15, -0.1) is 0 Å². The van der Waals surface area contributed by atoms with Crippen LogP contribution < -0.4 is 10.1 Å². The van der Waals surface area contributed by atoms with Gasteiger partial charge < -0.3 is 10.1 Å². The van der Waals surface area contributed by atoms with E-state index in [0.717, 1.165) is 28.1 Å². The number of rotatable bonds is 2. The number of anilines is 1. The van der Waals surface area contributed by atoms with Crippen molar-refractivity contribution in [2.45, 2.75) is 6.42 Å². The third kappa shape index (κ3) is 1.74. The number of hydrogen-bond donors (Lipinski definition) is 1. The van der Waals surface area contributed by atoms with E-state index in [2.05, 4.69) is 5.32 Å². The molecule has 2 aromatic rings.